The fraction of sp³-hybridized carbons (Fsp3) is 0.318. The summed E-state index contributed by atoms with van der Waals surface area (Å²) >= 11 is 6.04. The lowest BCUT2D eigenvalue weighted by atomic mass is 9.81. The van der Waals surface area contributed by atoms with Crippen molar-refractivity contribution in [1.82, 2.24) is 0 Å². The van der Waals surface area contributed by atoms with Crippen LogP contribution in [-0.2, 0) is 9.59 Å². The molecular weight excluding hydrogens is 378 g/mol. The standard InChI is InChI=1S/C22H18ClNO4/c23-16-6-1-2-7-17(16)28-22(27)14-4-3-5-15(11-14)24-20(25)18-12-8-9-13(10-12)19(18)21(24)26/h1-7,11-13,18-19H,8-10H2/t12-,13+,18-,19+. The maximum absolute atomic E-state index is 13.0. The van der Waals surface area contributed by atoms with Gasteiger partial charge in [-0.05, 0) is 61.4 Å². The first kappa shape index (κ1) is 17.4. The highest BCUT2D eigenvalue weighted by atomic mass is 35.5. The number of hydrogen-bond donors (Lipinski definition) is 0. The Kier molecular flexibility index (Phi) is 4.02. The molecule has 2 saturated carbocycles. The van der Waals surface area contributed by atoms with Gasteiger partial charge in [0.15, 0.2) is 0 Å². The zero-order valence-corrected chi connectivity index (χ0v) is 15.8. The molecule has 3 aliphatic rings. The van der Waals surface area contributed by atoms with E-state index in [0.717, 1.165) is 19.3 Å². The van der Waals surface area contributed by atoms with E-state index >= 15 is 0 Å². The second kappa shape index (κ2) is 6.45. The Bertz CT molecular complexity index is 976. The number of carbonyl (C=O) groups excluding carboxylic acids is 3. The molecule has 0 aromatic heterocycles. The van der Waals surface area contributed by atoms with Crippen LogP contribution in [0.25, 0.3) is 0 Å². The molecular formula is C22H18ClNO4. The molecule has 5 nitrogen and oxygen atoms in total. The van der Waals surface area contributed by atoms with Crippen LogP contribution in [0.5, 0.6) is 5.75 Å². The van der Waals surface area contributed by atoms with Gasteiger partial charge >= 0.3 is 5.97 Å². The Labute approximate surface area is 167 Å². The molecule has 2 aliphatic carbocycles. The van der Waals surface area contributed by atoms with Gasteiger partial charge in [0.25, 0.3) is 0 Å². The van der Waals surface area contributed by atoms with Gasteiger partial charge in [-0.25, -0.2) is 4.79 Å². The number of amides is 2. The Morgan fingerprint density at radius 3 is 2.32 bits per heavy atom. The molecule has 4 atom stereocenters. The first-order chi connectivity index (χ1) is 13.5. The molecule has 0 N–H and O–H groups in total. The number of ether oxygens (including phenoxy) is 1. The van der Waals surface area contributed by atoms with Crippen molar-refractivity contribution in [3.8, 4) is 5.75 Å². The van der Waals surface area contributed by atoms with Crippen LogP contribution in [0.15, 0.2) is 48.5 Å². The number of anilines is 1. The van der Waals surface area contributed by atoms with Gasteiger partial charge in [0.2, 0.25) is 11.8 Å². The normalized spacial score (nSPS) is 28.0. The van der Waals surface area contributed by atoms with Crippen LogP contribution in [0, 0.1) is 23.7 Å². The molecule has 2 amide bonds. The smallest absolute Gasteiger partial charge is 0.343 e. The SMILES string of the molecule is O=C(Oc1ccccc1Cl)c1cccc(N2C(=O)[C@@H]3[C@@H]4CC[C@@H](C4)[C@@H]3C2=O)c1. The number of halogens is 1. The molecule has 2 aromatic rings. The third-order valence-electron chi connectivity index (χ3n) is 6.31. The van der Waals surface area contributed by atoms with Crippen molar-refractivity contribution in [3.63, 3.8) is 0 Å². The minimum atomic E-state index is -0.589. The van der Waals surface area contributed by atoms with Crippen LogP contribution < -0.4 is 9.64 Å². The zero-order valence-electron chi connectivity index (χ0n) is 15.0. The molecule has 2 aromatic carbocycles. The maximum atomic E-state index is 13.0. The third-order valence-corrected chi connectivity index (χ3v) is 6.62. The summed E-state index contributed by atoms with van der Waals surface area (Å²) in [7, 11) is 0. The van der Waals surface area contributed by atoms with Crippen LogP contribution in [0.1, 0.15) is 29.6 Å². The van der Waals surface area contributed by atoms with Gasteiger partial charge in [0, 0.05) is 0 Å². The lowest BCUT2D eigenvalue weighted by molar-refractivity contribution is -0.123. The van der Waals surface area contributed by atoms with Crippen LogP contribution in [0.2, 0.25) is 5.02 Å². The van der Waals surface area contributed by atoms with Crippen LogP contribution in [0.4, 0.5) is 5.69 Å². The molecule has 142 valence electrons. The molecule has 2 bridgehead atoms. The number of carbonyl (C=O) groups is 3. The molecule has 0 radical (unpaired) electrons. The van der Waals surface area contributed by atoms with Gasteiger partial charge in [-0.15, -0.1) is 0 Å². The number of imide groups is 1. The van der Waals surface area contributed by atoms with E-state index < -0.39 is 5.97 Å². The van der Waals surface area contributed by atoms with Crippen LogP contribution in [-0.4, -0.2) is 17.8 Å². The van der Waals surface area contributed by atoms with E-state index in [1.165, 1.54) is 11.0 Å². The molecule has 1 saturated heterocycles. The highest BCUT2D eigenvalue weighted by molar-refractivity contribution is 6.32. The van der Waals surface area contributed by atoms with E-state index in [1.807, 2.05) is 0 Å². The molecule has 3 fully saturated rings. The van der Waals surface area contributed by atoms with E-state index in [2.05, 4.69) is 0 Å². The molecule has 0 spiro atoms. The summed E-state index contributed by atoms with van der Waals surface area (Å²) in [6, 6.07) is 13.2. The topological polar surface area (TPSA) is 63.7 Å². The van der Waals surface area contributed by atoms with E-state index in [9.17, 15) is 14.4 Å². The van der Waals surface area contributed by atoms with Gasteiger partial charge in [-0.2, -0.15) is 0 Å². The van der Waals surface area contributed by atoms with E-state index in [0.29, 0.717) is 22.5 Å². The van der Waals surface area contributed by atoms with Crippen molar-refractivity contribution in [2.45, 2.75) is 19.3 Å². The van der Waals surface area contributed by atoms with Crippen molar-refractivity contribution >= 4 is 35.1 Å². The molecule has 5 rings (SSSR count). The average molecular weight is 396 g/mol. The Morgan fingerprint density at radius 2 is 1.64 bits per heavy atom. The lowest BCUT2D eigenvalue weighted by Gasteiger charge is -2.19. The fourth-order valence-electron chi connectivity index (χ4n) is 5.12. The molecule has 1 aliphatic heterocycles. The summed E-state index contributed by atoms with van der Waals surface area (Å²) in [5.41, 5.74) is 0.690. The summed E-state index contributed by atoms with van der Waals surface area (Å²) in [6.45, 7) is 0. The summed E-state index contributed by atoms with van der Waals surface area (Å²) < 4.78 is 5.36. The summed E-state index contributed by atoms with van der Waals surface area (Å²) in [5.74, 6) is -0.310. The minimum Gasteiger partial charge on any atom is -0.421 e. The number of benzene rings is 2. The fourth-order valence-corrected chi connectivity index (χ4v) is 5.30. The first-order valence-electron chi connectivity index (χ1n) is 9.49. The molecule has 1 heterocycles. The highest BCUT2D eigenvalue weighted by Crippen LogP contribution is 2.56. The first-order valence-corrected chi connectivity index (χ1v) is 9.87. The van der Waals surface area contributed by atoms with Crippen molar-refractivity contribution in [2.75, 3.05) is 4.90 Å². The number of hydrogen-bond acceptors (Lipinski definition) is 4. The monoisotopic (exact) mass is 395 g/mol. The third kappa shape index (κ3) is 2.57. The summed E-state index contributed by atoms with van der Waals surface area (Å²) in [5, 5.41) is 0.334. The van der Waals surface area contributed by atoms with E-state index in [1.54, 1.807) is 42.5 Å². The number of fused-ring (bicyclic) bond motifs is 5. The molecule has 6 heteroatoms. The highest BCUT2D eigenvalue weighted by Gasteiger charge is 2.61. The predicted octanol–water partition coefficient (Wildman–Crippen LogP) is 4.09. The van der Waals surface area contributed by atoms with Crippen molar-refractivity contribution < 1.29 is 19.1 Å². The quantitative estimate of drug-likeness (QED) is 0.446. The Balaban J connectivity index is 1.42. The Morgan fingerprint density at radius 1 is 0.964 bits per heavy atom. The largest absolute Gasteiger partial charge is 0.421 e. The second-order valence-corrected chi connectivity index (χ2v) is 8.17. The number of rotatable bonds is 3. The Hall–Kier alpha value is -2.66. The van der Waals surface area contributed by atoms with E-state index in [4.69, 9.17) is 16.3 Å². The lowest BCUT2D eigenvalue weighted by Crippen LogP contribution is -2.32. The van der Waals surface area contributed by atoms with E-state index in [-0.39, 0.29) is 35.0 Å². The second-order valence-electron chi connectivity index (χ2n) is 7.77. The van der Waals surface area contributed by atoms with Crippen LogP contribution in [0.3, 0.4) is 0 Å². The number of para-hydroxylation sites is 1. The minimum absolute atomic E-state index is 0.126. The molecule has 28 heavy (non-hydrogen) atoms. The van der Waals surface area contributed by atoms with Crippen molar-refractivity contribution in [1.29, 1.82) is 0 Å². The number of esters is 1. The zero-order chi connectivity index (χ0) is 19.4. The van der Waals surface area contributed by atoms with Gasteiger partial charge < -0.3 is 4.74 Å². The summed E-state index contributed by atoms with van der Waals surface area (Å²) in [4.78, 5) is 39.8. The average Bonchev–Trinajstić information content (AvgIpc) is 3.37. The molecule has 0 unspecified atom stereocenters. The maximum Gasteiger partial charge on any atom is 0.343 e. The summed E-state index contributed by atoms with van der Waals surface area (Å²) in [6.07, 6.45) is 3.05. The predicted molar refractivity (Wildman–Crippen MR) is 103 cm³/mol. The number of nitrogens with zero attached hydrogens (tertiary/aromatic N) is 1. The van der Waals surface area contributed by atoms with Crippen molar-refractivity contribution in [3.05, 3.63) is 59.1 Å². The van der Waals surface area contributed by atoms with Gasteiger partial charge in [0.1, 0.15) is 5.75 Å². The van der Waals surface area contributed by atoms with Gasteiger partial charge in [-0.3, -0.25) is 14.5 Å². The van der Waals surface area contributed by atoms with Crippen LogP contribution >= 0.6 is 11.6 Å². The van der Waals surface area contributed by atoms with Crippen molar-refractivity contribution in [2.24, 2.45) is 23.7 Å². The van der Waals surface area contributed by atoms with Gasteiger partial charge in [0.05, 0.1) is 28.1 Å². The van der Waals surface area contributed by atoms with Gasteiger partial charge in [-0.1, -0.05) is 29.8 Å².